The highest BCUT2D eigenvalue weighted by Gasteiger charge is 2.24. The number of rotatable bonds is 3. The normalized spacial score (nSPS) is 12.4. The Morgan fingerprint density at radius 1 is 0.254 bits per heavy atom. The van der Waals surface area contributed by atoms with E-state index < -0.39 is 0 Å². The highest BCUT2D eigenvalue weighted by atomic mass is 16.3. The molecule has 0 N–H and O–H groups in total. The van der Waals surface area contributed by atoms with E-state index in [0.29, 0.717) is 0 Å². The van der Waals surface area contributed by atoms with E-state index in [1.807, 2.05) is 24.3 Å². The summed E-state index contributed by atoms with van der Waals surface area (Å²) < 4.78 is 29.5. The van der Waals surface area contributed by atoms with Crippen molar-refractivity contribution in [3.05, 3.63) is 176 Å². The van der Waals surface area contributed by atoms with Crippen LogP contribution < -0.4 is 0 Å². The predicted octanol–water partition coefficient (Wildman–Crippen LogP) is 15.7. The first-order chi connectivity index (χ1) is 29.3. The van der Waals surface area contributed by atoms with Gasteiger partial charge in [-0.15, -0.1) is 0 Å². The number of hydrogen-bond acceptors (Lipinski definition) is 4. The molecule has 14 rings (SSSR count). The third-order valence-electron chi connectivity index (χ3n) is 12.4. The van der Waals surface area contributed by atoms with Gasteiger partial charge in [0.25, 0.3) is 0 Å². The average molecular weight is 756 g/mol. The van der Waals surface area contributed by atoms with Crippen LogP contribution in [0.15, 0.2) is 194 Å². The fourth-order valence-corrected chi connectivity index (χ4v) is 9.97. The van der Waals surface area contributed by atoms with Gasteiger partial charge in [0.05, 0.1) is 16.7 Å². The highest BCUT2D eigenvalue weighted by Crippen LogP contribution is 2.48. The fraction of sp³-hybridized carbons (Fsp3) is 0. The lowest BCUT2D eigenvalue weighted by Crippen LogP contribution is -1.93. The summed E-state index contributed by atoms with van der Waals surface area (Å²) in [5.74, 6) is 0. The Balaban J connectivity index is 1.03. The van der Waals surface area contributed by atoms with E-state index in [1.165, 1.54) is 10.8 Å². The molecule has 0 aliphatic heterocycles. The average Bonchev–Trinajstić information content (AvgIpc) is 4.11. The number of nitrogens with zero attached hydrogens (tertiary/aromatic N) is 1. The van der Waals surface area contributed by atoms with Crippen LogP contribution in [0.25, 0.3) is 138 Å². The van der Waals surface area contributed by atoms with Crippen molar-refractivity contribution in [2.75, 3.05) is 0 Å². The first-order valence-electron chi connectivity index (χ1n) is 19.9. The minimum Gasteiger partial charge on any atom is -0.456 e. The molecule has 0 aliphatic carbocycles. The molecular formula is C54H29NO4. The zero-order valence-corrected chi connectivity index (χ0v) is 31.3. The number of hydrogen-bond donors (Lipinski definition) is 0. The minimum atomic E-state index is 0.808. The van der Waals surface area contributed by atoms with Gasteiger partial charge in [-0.2, -0.15) is 0 Å². The molecule has 0 amide bonds. The number of aromatic nitrogens is 1. The molecular weight excluding hydrogens is 727 g/mol. The number of para-hydroxylation sites is 7. The van der Waals surface area contributed by atoms with Crippen LogP contribution in [0.2, 0.25) is 0 Å². The standard InChI is InChI=1S/C54H29NO4/c1-4-23-41-30(12-1)31-13-2-5-24-42(31)55(41)43-25-10-22-40-49-46(58-54(40)43)28-29-47-50(49)48-33(15-11-27-45(48)56-47)35-17-8-19-38-39-21-9-20-37(53(39)59-52(35)38)36-18-7-16-34-32-14-3-6-26-44(32)57-51(34)36/h1-29H. The molecule has 0 unspecified atom stereocenters. The van der Waals surface area contributed by atoms with Crippen molar-refractivity contribution >= 4 is 110 Å². The smallest absolute Gasteiger partial charge is 0.159 e. The molecule has 59 heavy (non-hydrogen) atoms. The molecule has 0 atom stereocenters. The molecule has 0 bridgehead atoms. The molecule has 0 spiro atoms. The third kappa shape index (κ3) is 4.08. The van der Waals surface area contributed by atoms with E-state index in [2.05, 4.69) is 156 Å². The molecule has 0 aliphatic rings. The second-order valence-electron chi connectivity index (χ2n) is 15.5. The van der Waals surface area contributed by atoms with Gasteiger partial charge in [-0.1, -0.05) is 133 Å². The van der Waals surface area contributed by atoms with Gasteiger partial charge in [-0.05, 0) is 48.0 Å². The van der Waals surface area contributed by atoms with Gasteiger partial charge in [0.2, 0.25) is 0 Å². The van der Waals surface area contributed by atoms with Gasteiger partial charge in [0.1, 0.15) is 39.1 Å². The lowest BCUT2D eigenvalue weighted by Gasteiger charge is -2.08. The summed E-state index contributed by atoms with van der Waals surface area (Å²) in [6.45, 7) is 0. The molecule has 5 aromatic heterocycles. The van der Waals surface area contributed by atoms with Gasteiger partial charge in [-0.25, -0.2) is 0 Å². The van der Waals surface area contributed by atoms with Crippen LogP contribution in [0.1, 0.15) is 0 Å². The largest absolute Gasteiger partial charge is 0.456 e. The quantitative estimate of drug-likeness (QED) is 0.180. The fourth-order valence-electron chi connectivity index (χ4n) is 9.97. The van der Waals surface area contributed by atoms with Gasteiger partial charge in [0, 0.05) is 70.6 Å². The van der Waals surface area contributed by atoms with E-state index in [9.17, 15) is 0 Å². The van der Waals surface area contributed by atoms with Gasteiger partial charge < -0.3 is 22.2 Å². The molecule has 0 saturated heterocycles. The Morgan fingerprint density at radius 3 is 1.42 bits per heavy atom. The van der Waals surface area contributed by atoms with E-state index >= 15 is 0 Å². The second-order valence-corrected chi connectivity index (χ2v) is 15.5. The number of furan rings is 4. The Hall–Kier alpha value is -8.02. The Kier molecular flexibility index (Phi) is 5.96. The lowest BCUT2D eigenvalue weighted by molar-refractivity contribution is 0.661. The zero-order valence-electron chi connectivity index (χ0n) is 31.3. The molecule has 5 heteroatoms. The van der Waals surface area contributed by atoms with E-state index in [-0.39, 0.29) is 0 Å². The molecule has 14 aromatic rings. The van der Waals surface area contributed by atoms with Crippen LogP contribution in [-0.2, 0) is 0 Å². The Morgan fingerprint density at radius 2 is 0.712 bits per heavy atom. The lowest BCUT2D eigenvalue weighted by atomic mass is 9.95. The van der Waals surface area contributed by atoms with Crippen molar-refractivity contribution < 1.29 is 17.7 Å². The summed E-state index contributed by atoms with van der Waals surface area (Å²) in [6.07, 6.45) is 0. The maximum atomic E-state index is 7.06. The molecule has 0 fully saturated rings. The summed E-state index contributed by atoms with van der Waals surface area (Å²) in [7, 11) is 0. The maximum absolute atomic E-state index is 7.06. The molecule has 0 radical (unpaired) electrons. The van der Waals surface area contributed by atoms with E-state index in [4.69, 9.17) is 17.7 Å². The van der Waals surface area contributed by atoms with Crippen LogP contribution >= 0.6 is 0 Å². The van der Waals surface area contributed by atoms with Gasteiger partial charge in [-0.3, -0.25) is 0 Å². The second kappa shape index (κ2) is 11.3. The predicted molar refractivity (Wildman–Crippen MR) is 241 cm³/mol. The van der Waals surface area contributed by atoms with Crippen molar-refractivity contribution in [2.45, 2.75) is 0 Å². The number of fused-ring (bicyclic) bond motifs is 16. The van der Waals surface area contributed by atoms with E-state index in [0.717, 1.165) is 127 Å². The van der Waals surface area contributed by atoms with Crippen LogP contribution in [0.5, 0.6) is 0 Å². The molecule has 5 heterocycles. The zero-order chi connectivity index (χ0) is 38.3. The third-order valence-corrected chi connectivity index (χ3v) is 12.4. The summed E-state index contributed by atoms with van der Waals surface area (Å²) in [5.41, 5.74) is 13.9. The molecule has 0 saturated carbocycles. The van der Waals surface area contributed by atoms with Crippen molar-refractivity contribution in [3.63, 3.8) is 0 Å². The van der Waals surface area contributed by atoms with Crippen molar-refractivity contribution in [3.8, 4) is 27.9 Å². The highest BCUT2D eigenvalue weighted by molar-refractivity contribution is 6.30. The van der Waals surface area contributed by atoms with Crippen LogP contribution in [0.3, 0.4) is 0 Å². The molecule has 9 aromatic carbocycles. The van der Waals surface area contributed by atoms with Crippen LogP contribution in [-0.4, -0.2) is 4.57 Å². The summed E-state index contributed by atoms with van der Waals surface area (Å²) in [5, 5.41) is 10.8. The topological polar surface area (TPSA) is 57.5 Å². The number of benzene rings is 9. The first kappa shape index (κ1) is 31.1. The van der Waals surface area contributed by atoms with E-state index in [1.54, 1.807) is 0 Å². The summed E-state index contributed by atoms with van der Waals surface area (Å²) in [6, 6.07) is 61.4. The van der Waals surface area contributed by atoms with Crippen LogP contribution in [0.4, 0.5) is 0 Å². The molecule has 5 nitrogen and oxygen atoms in total. The Bertz CT molecular complexity index is 4040. The van der Waals surface area contributed by atoms with Crippen molar-refractivity contribution in [2.24, 2.45) is 0 Å². The van der Waals surface area contributed by atoms with Gasteiger partial charge in [0.15, 0.2) is 5.58 Å². The van der Waals surface area contributed by atoms with Crippen molar-refractivity contribution in [1.82, 2.24) is 4.57 Å². The summed E-state index contributed by atoms with van der Waals surface area (Å²) in [4.78, 5) is 0. The Labute approximate surface area is 334 Å². The van der Waals surface area contributed by atoms with Crippen molar-refractivity contribution in [1.29, 1.82) is 0 Å². The molecule has 274 valence electrons. The minimum absolute atomic E-state index is 0.808. The van der Waals surface area contributed by atoms with Gasteiger partial charge >= 0.3 is 0 Å². The van der Waals surface area contributed by atoms with Crippen LogP contribution in [0, 0.1) is 0 Å². The first-order valence-corrected chi connectivity index (χ1v) is 19.9. The monoisotopic (exact) mass is 755 g/mol. The summed E-state index contributed by atoms with van der Waals surface area (Å²) >= 11 is 0. The SMILES string of the molecule is c1ccc2c(c1)oc1c(-c3cccc4c3oc3c(-c5cccc6oc7ccc8oc9c(-n%10c%11ccccc%11c%11ccccc%11%10)cccc9c8c7c56)cccc34)cccc12. The maximum Gasteiger partial charge on any atom is 0.159 e.